The van der Waals surface area contributed by atoms with E-state index >= 15 is 0 Å². The minimum atomic E-state index is -1.92. The van der Waals surface area contributed by atoms with Gasteiger partial charge in [-0.1, -0.05) is 23.2 Å². The molecular formula is C9H8Cl2N2O3. The Labute approximate surface area is 101 Å². The lowest BCUT2D eigenvalue weighted by atomic mass is 10.2. The lowest BCUT2D eigenvalue weighted by Crippen LogP contribution is -2.39. The number of amides is 2. The zero-order valence-electron chi connectivity index (χ0n) is 7.91. The van der Waals surface area contributed by atoms with Gasteiger partial charge < -0.3 is 16.2 Å². The van der Waals surface area contributed by atoms with Crippen LogP contribution in [0.15, 0.2) is 18.2 Å². The summed E-state index contributed by atoms with van der Waals surface area (Å²) in [5.74, 6) is -2.10. The van der Waals surface area contributed by atoms with Gasteiger partial charge in [-0.05, 0) is 18.2 Å². The standard InChI is InChI=1S/C9H8Cl2N2O3/c10-4-1-2-5(11)6(3-4)13-9(16)7(14)8(12)15/h1-3,7,14H,(H2,12,15)(H,13,16). The summed E-state index contributed by atoms with van der Waals surface area (Å²) in [4.78, 5) is 21.8. The molecule has 0 heterocycles. The van der Waals surface area contributed by atoms with Crippen molar-refractivity contribution >= 4 is 40.7 Å². The van der Waals surface area contributed by atoms with Crippen LogP contribution in [0, 0.1) is 0 Å². The van der Waals surface area contributed by atoms with E-state index in [0.717, 1.165) is 0 Å². The zero-order valence-corrected chi connectivity index (χ0v) is 9.42. The fourth-order valence-electron chi connectivity index (χ4n) is 0.924. The van der Waals surface area contributed by atoms with Crippen molar-refractivity contribution in [1.29, 1.82) is 0 Å². The van der Waals surface area contributed by atoms with Gasteiger partial charge in [0, 0.05) is 5.02 Å². The first-order chi connectivity index (χ1) is 7.41. The molecule has 1 aromatic rings. The Hall–Kier alpha value is -1.30. The molecule has 0 spiro atoms. The quantitative estimate of drug-likeness (QED) is 0.703. The van der Waals surface area contributed by atoms with Crippen LogP contribution in [0.3, 0.4) is 0 Å². The molecule has 0 saturated carbocycles. The maximum atomic E-state index is 11.3. The summed E-state index contributed by atoms with van der Waals surface area (Å²) in [5, 5.41) is 11.9. The van der Waals surface area contributed by atoms with Crippen LogP contribution >= 0.6 is 23.2 Å². The fourth-order valence-corrected chi connectivity index (χ4v) is 1.26. The molecule has 5 nitrogen and oxygen atoms in total. The molecule has 86 valence electrons. The van der Waals surface area contributed by atoms with Crippen LogP contribution in [0.1, 0.15) is 0 Å². The van der Waals surface area contributed by atoms with Crippen LogP contribution in [0.25, 0.3) is 0 Å². The highest BCUT2D eigenvalue weighted by Gasteiger charge is 2.21. The Kier molecular flexibility index (Phi) is 4.12. The molecule has 0 aliphatic heterocycles. The van der Waals surface area contributed by atoms with Crippen LogP contribution in [0.2, 0.25) is 10.0 Å². The Morgan fingerprint density at radius 3 is 2.56 bits per heavy atom. The lowest BCUT2D eigenvalue weighted by Gasteiger charge is -2.09. The van der Waals surface area contributed by atoms with Gasteiger partial charge in [0.15, 0.2) is 0 Å². The van der Waals surface area contributed by atoms with E-state index in [1.807, 2.05) is 0 Å². The predicted octanol–water partition coefficient (Wildman–Crippen LogP) is 0.778. The first-order valence-corrected chi connectivity index (χ1v) is 4.90. The van der Waals surface area contributed by atoms with Gasteiger partial charge in [-0.3, -0.25) is 9.59 Å². The fraction of sp³-hybridized carbons (Fsp3) is 0.111. The molecule has 1 unspecified atom stereocenters. The molecule has 4 N–H and O–H groups in total. The second-order valence-corrected chi connectivity index (χ2v) is 3.76. The van der Waals surface area contributed by atoms with E-state index in [1.54, 1.807) is 0 Å². The molecule has 0 aromatic heterocycles. The molecule has 2 amide bonds. The van der Waals surface area contributed by atoms with E-state index < -0.39 is 17.9 Å². The molecule has 1 rings (SSSR count). The molecular weight excluding hydrogens is 255 g/mol. The van der Waals surface area contributed by atoms with Crippen molar-refractivity contribution in [2.45, 2.75) is 6.10 Å². The average molecular weight is 263 g/mol. The number of nitrogens with two attached hydrogens (primary N) is 1. The number of nitrogens with one attached hydrogen (secondary N) is 1. The highest BCUT2D eigenvalue weighted by Crippen LogP contribution is 2.25. The van der Waals surface area contributed by atoms with Crippen LogP contribution in [-0.2, 0) is 9.59 Å². The van der Waals surface area contributed by atoms with Crippen LogP contribution in [0.5, 0.6) is 0 Å². The topological polar surface area (TPSA) is 92.4 Å². The predicted molar refractivity (Wildman–Crippen MR) is 60.3 cm³/mol. The highest BCUT2D eigenvalue weighted by atomic mass is 35.5. The number of carbonyl (C=O) groups is 2. The number of anilines is 1. The summed E-state index contributed by atoms with van der Waals surface area (Å²) in [6.45, 7) is 0. The first kappa shape index (κ1) is 12.8. The van der Waals surface area contributed by atoms with Crippen LogP contribution in [0.4, 0.5) is 5.69 Å². The molecule has 0 saturated heterocycles. The number of primary amides is 1. The van der Waals surface area contributed by atoms with Gasteiger partial charge >= 0.3 is 0 Å². The van der Waals surface area contributed by atoms with E-state index in [-0.39, 0.29) is 10.7 Å². The maximum Gasteiger partial charge on any atom is 0.263 e. The Morgan fingerprint density at radius 2 is 2.00 bits per heavy atom. The number of hydrogen-bond acceptors (Lipinski definition) is 3. The summed E-state index contributed by atoms with van der Waals surface area (Å²) in [5.41, 5.74) is 4.94. The first-order valence-electron chi connectivity index (χ1n) is 4.15. The van der Waals surface area contributed by atoms with Crippen LogP contribution < -0.4 is 11.1 Å². The van der Waals surface area contributed by atoms with Gasteiger partial charge in [-0.15, -0.1) is 0 Å². The molecule has 0 aliphatic rings. The SMILES string of the molecule is NC(=O)C(O)C(=O)Nc1cc(Cl)ccc1Cl. The van der Waals surface area contributed by atoms with E-state index in [0.29, 0.717) is 5.02 Å². The van der Waals surface area contributed by atoms with Crippen molar-refractivity contribution in [3.8, 4) is 0 Å². The molecule has 0 bridgehead atoms. The van der Waals surface area contributed by atoms with Gasteiger partial charge in [0.2, 0.25) is 6.10 Å². The van der Waals surface area contributed by atoms with Gasteiger partial charge in [0.1, 0.15) is 0 Å². The van der Waals surface area contributed by atoms with Crippen molar-refractivity contribution in [3.63, 3.8) is 0 Å². The van der Waals surface area contributed by atoms with E-state index in [2.05, 4.69) is 5.32 Å². The van der Waals surface area contributed by atoms with Gasteiger partial charge in [0.25, 0.3) is 11.8 Å². The van der Waals surface area contributed by atoms with Crippen molar-refractivity contribution < 1.29 is 14.7 Å². The summed E-state index contributed by atoms with van der Waals surface area (Å²) >= 11 is 11.4. The minimum absolute atomic E-state index is 0.194. The Balaban J connectivity index is 2.84. The van der Waals surface area contributed by atoms with Crippen molar-refractivity contribution in [1.82, 2.24) is 0 Å². The Morgan fingerprint density at radius 1 is 1.38 bits per heavy atom. The molecule has 7 heteroatoms. The van der Waals surface area contributed by atoms with Gasteiger partial charge in [-0.25, -0.2) is 0 Å². The summed E-state index contributed by atoms with van der Waals surface area (Å²) in [7, 11) is 0. The number of aliphatic hydroxyl groups is 1. The number of benzene rings is 1. The molecule has 0 radical (unpaired) electrons. The summed E-state index contributed by atoms with van der Waals surface area (Å²) < 4.78 is 0. The number of halogens is 2. The molecule has 16 heavy (non-hydrogen) atoms. The molecule has 0 fully saturated rings. The number of rotatable bonds is 3. The Bertz CT molecular complexity index is 437. The van der Waals surface area contributed by atoms with Crippen molar-refractivity contribution in [3.05, 3.63) is 28.2 Å². The van der Waals surface area contributed by atoms with E-state index in [9.17, 15) is 9.59 Å². The third-order valence-electron chi connectivity index (χ3n) is 1.70. The summed E-state index contributed by atoms with van der Waals surface area (Å²) in [6, 6.07) is 4.38. The van der Waals surface area contributed by atoms with Gasteiger partial charge in [-0.2, -0.15) is 0 Å². The molecule has 1 aromatic carbocycles. The average Bonchev–Trinajstić information content (AvgIpc) is 2.22. The van der Waals surface area contributed by atoms with E-state index in [1.165, 1.54) is 18.2 Å². The van der Waals surface area contributed by atoms with Crippen LogP contribution in [-0.4, -0.2) is 23.0 Å². The second-order valence-electron chi connectivity index (χ2n) is 2.92. The number of carbonyl (C=O) groups excluding carboxylic acids is 2. The van der Waals surface area contributed by atoms with Crippen molar-refractivity contribution in [2.75, 3.05) is 5.32 Å². The third kappa shape index (κ3) is 3.10. The maximum absolute atomic E-state index is 11.3. The third-order valence-corrected chi connectivity index (χ3v) is 2.27. The normalized spacial score (nSPS) is 11.9. The smallest absolute Gasteiger partial charge is 0.263 e. The lowest BCUT2D eigenvalue weighted by molar-refractivity contribution is -0.136. The highest BCUT2D eigenvalue weighted by molar-refractivity contribution is 6.35. The number of aliphatic hydroxyl groups excluding tert-OH is 1. The van der Waals surface area contributed by atoms with Gasteiger partial charge in [0.05, 0.1) is 10.7 Å². The zero-order chi connectivity index (χ0) is 12.3. The van der Waals surface area contributed by atoms with E-state index in [4.69, 9.17) is 34.0 Å². The molecule has 0 aliphatic carbocycles. The number of hydrogen-bond donors (Lipinski definition) is 3. The second kappa shape index (κ2) is 5.16. The monoisotopic (exact) mass is 262 g/mol. The summed E-state index contributed by atoms with van der Waals surface area (Å²) in [6.07, 6.45) is -1.92. The largest absolute Gasteiger partial charge is 0.375 e. The molecule has 1 atom stereocenters. The van der Waals surface area contributed by atoms with Crippen molar-refractivity contribution in [2.24, 2.45) is 5.73 Å². The minimum Gasteiger partial charge on any atom is -0.375 e.